The van der Waals surface area contributed by atoms with Crippen molar-refractivity contribution in [3.8, 4) is 0 Å². The molecule has 0 saturated heterocycles. The van der Waals surface area contributed by atoms with Crippen molar-refractivity contribution in [2.24, 2.45) is 5.41 Å². The molecule has 0 aliphatic heterocycles. The van der Waals surface area contributed by atoms with E-state index in [9.17, 15) is 14.7 Å². The van der Waals surface area contributed by atoms with E-state index < -0.39 is 11.9 Å². The second-order valence-corrected chi connectivity index (χ2v) is 7.01. The van der Waals surface area contributed by atoms with E-state index in [1.54, 1.807) is 6.07 Å². The zero-order valence-electron chi connectivity index (χ0n) is 14.9. The fourth-order valence-corrected chi connectivity index (χ4v) is 2.63. The van der Waals surface area contributed by atoms with Gasteiger partial charge in [0.15, 0.2) is 0 Å². The Morgan fingerprint density at radius 3 is 2.30 bits per heavy atom. The van der Waals surface area contributed by atoms with Gasteiger partial charge >= 0.3 is 11.9 Å². The molecule has 0 atom stereocenters. The van der Waals surface area contributed by atoms with Crippen LogP contribution in [0, 0.1) is 5.41 Å². The summed E-state index contributed by atoms with van der Waals surface area (Å²) < 4.78 is 5.20. The van der Waals surface area contributed by atoms with E-state index in [1.807, 2.05) is 19.9 Å². The number of hydrogen-bond acceptors (Lipinski definition) is 3. The molecule has 0 aromatic heterocycles. The number of benzene rings is 1. The van der Waals surface area contributed by atoms with Crippen LogP contribution >= 0.6 is 0 Å². The van der Waals surface area contributed by atoms with Crippen molar-refractivity contribution < 1.29 is 19.4 Å². The van der Waals surface area contributed by atoms with Crippen molar-refractivity contribution in [3.63, 3.8) is 0 Å². The Balaban J connectivity index is 3.27. The monoisotopic (exact) mass is 320 g/mol. The smallest absolute Gasteiger partial charge is 0.339 e. The third-order valence-electron chi connectivity index (χ3n) is 3.65. The Hall–Kier alpha value is -1.84. The summed E-state index contributed by atoms with van der Waals surface area (Å²) in [5, 5.41) is 9.61. The van der Waals surface area contributed by atoms with Gasteiger partial charge in [-0.3, -0.25) is 0 Å². The van der Waals surface area contributed by atoms with Crippen molar-refractivity contribution in [3.05, 3.63) is 34.4 Å². The van der Waals surface area contributed by atoms with Crippen LogP contribution in [-0.4, -0.2) is 23.7 Å². The lowest BCUT2D eigenvalue weighted by molar-refractivity contribution is 0.0489. The van der Waals surface area contributed by atoms with Gasteiger partial charge < -0.3 is 9.84 Å². The zero-order chi connectivity index (χ0) is 17.6. The first-order valence-corrected chi connectivity index (χ1v) is 8.26. The number of esters is 1. The number of hydrogen-bond donors (Lipinski definition) is 1. The summed E-state index contributed by atoms with van der Waals surface area (Å²) in [7, 11) is 0. The van der Waals surface area contributed by atoms with Crippen LogP contribution < -0.4 is 0 Å². The summed E-state index contributed by atoms with van der Waals surface area (Å²) >= 11 is 0. The van der Waals surface area contributed by atoms with E-state index >= 15 is 0 Å². The van der Waals surface area contributed by atoms with Gasteiger partial charge in [0.05, 0.1) is 17.7 Å². The predicted molar refractivity (Wildman–Crippen MR) is 91.1 cm³/mol. The lowest BCUT2D eigenvalue weighted by Gasteiger charge is -2.22. The summed E-state index contributed by atoms with van der Waals surface area (Å²) in [6.45, 7) is 10.6. The minimum absolute atomic E-state index is 0.0445. The number of carbonyl (C=O) groups is 2. The Kier molecular flexibility index (Phi) is 6.79. The maximum atomic E-state index is 12.2. The van der Waals surface area contributed by atoms with Crippen molar-refractivity contribution in [1.29, 1.82) is 0 Å². The molecule has 23 heavy (non-hydrogen) atoms. The molecule has 0 unspecified atom stereocenters. The van der Waals surface area contributed by atoms with Crippen molar-refractivity contribution >= 4 is 11.9 Å². The van der Waals surface area contributed by atoms with Crippen LogP contribution in [-0.2, 0) is 17.6 Å². The van der Waals surface area contributed by atoms with Gasteiger partial charge in [-0.2, -0.15) is 0 Å². The minimum atomic E-state index is -1.07. The van der Waals surface area contributed by atoms with Gasteiger partial charge in [-0.1, -0.05) is 47.1 Å². The van der Waals surface area contributed by atoms with E-state index in [0.29, 0.717) is 13.0 Å². The topological polar surface area (TPSA) is 63.6 Å². The van der Waals surface area contributed by atoms with Gasteiger partial charge in [-0.05, 0) is 41.9 Å². The van der Waals surface area contributed by atoms with E-state index in [4.69, 9.17) is 4.74 Å². The highest BCUT2D eigenvalue weighted by Gasteiger charge is 2.24. The molecule has 0 amide bonds. The van der Waals surface area contributed by atoms with E-state index in [1.165, 1.54) is 0 Å². The highest BCUT2D eigenvalue weighted by atomic mass is 16.5. The molecule has 1 N–H and O–H groups in total. The summed E-state index contributed by atoms with van der Waals surface area (Å²) in [4.78, 5) is 24.0. The lowest BCUT2D eigenvalue weighted by Crippen LogP contribution is -2.18. The Morgan fingerprint density at radius 2 is 1.83 bits per heavy atom. The molecule has 128 valence electrons. The number of unbranched alkanes of at least 4 members (excludes halogenated alkanes) is 1. The molecule has 0 fully saturated rings. The standard InChI is InChI=1S/C19H28O4/c1-6-8-11-23-18(22)15-10-9-13(12-19(3,4)5)14(7-2)16(15)17(20)21/h9-10H,6-8,11-12H2,1-5H3,(H,20,21). The quantitative estimate of drug-likeness (QED) is 0.594. The van der Waals surface area contributed by atoms with E-state index in [0.717, 1.165) is 30.4 Å². The normalized spacial score (nSPS) is 11.3. The Labute approximate surface area is 138 Å². The molecule has 4 nitrogen and oxygen atoms in total. The van der Waals surface area contributed by atoms with Crippen molar-refractivity contribution in [2.45, 2.75) is 60.3 Å². The molecular weight excluding hydrogens is 292 g/mol. The van der Waals surface area contributed by atoms with Gasteiger partial charge in [0.25, 0.3) is 0 Å². The lowest BCUT2D eigenvalue weighted by atomic mass is 9.83. The number of carboxylic acid groups (broad SMARTS) is 1. The van der Waals surface area contributed by atoms with Crippen molar-refractivity contribution in [1.82, 2.24) is 0 Å². The van der Waals surface area contributed by atoms with Crippen LogP contribution in [0.3, 0.4) is 0 Å². The van der Waals surface area contributed by atoms with Crippen molar-refractivity contribution in [2.75, 3.05) is 6.61 Å². The summed E-state index contributed by atoms with van der Waals surface area (Å²) in [6, 6.07) is 3.46. The molecule has 0 saturated carbocycles. The molecule has 4 heteroatoms. The Morgan fingerprint density at radius 1 is 1.17 bits per heavy atom. The molecule has 0 aliphatic carbocycles. The minimum Gasteiger partial charge on any atom is -0.478 e. The summed E-state index contributed by atoms with van der Waals surface area (Å²) in [6.07, 6.45) is 3.03. The van der Waals surface area contributed by atoms with Crippen LogP contribution in [0.2, 0.25) is 0 Å². The molecule has 0 spiro atoms. The molecule has 1 rings (SSSR count). The largest absolute Gasteiger partial charge is 0.478 e. The number of ether oxygens (including phenoxy) is 1. The SMILES string of the molecule is CCCCOC(=O)c1ccc(CC(C)(C)C)c(CC)c1C(=O)O. The van der Waals surface area contributed by atoms with Gasteiger partial charge in [-0.15, -0.1) is 0 Å². The molecule has 1 aromatic carbocycles. The van der Waals surface area contributed by atoms with Gasteiger partial charge in [0.2, 0.25) is 0 Å². The second-order valence-electron chi connectivity index (χ2n) is 7.01. The first-order valence-electron chi connectivity index (χ1n) is 8.26. The van der Waals surface area contributed by atoms with Gasteiger partial charge in [-0.25, -0.2) is 9.59 Å². The van der Waals surface area contributed by atoms with Crippen LogP contribution in [0.15, 0.2) is 12.1 Å². The van der Waals surface area contributed by atoms with E-state index in [2.05, 4.69) is 20.8 Å². The maximum Gasteiger partial charge on any atom is 0.339 e. The molecule has 0 aliphatic rings. The van der Waals surface area contributed by atoms with Crippen LogP contribution in [0.1, 0.15) is 79.3 Å². The number of carboxylic acids is 1. The van der Waals surface area contributed by atoms with Crippen LogP contribution in [0.25, 0.3) is 0 Å². The fourth-order valence-electron chi connectivity index (χ4n) is 2.63. The third kappa shape index (κ3) is 5.38. The summed E-state index contributed by atoms with van der Waals surface area (Å²) in [5.41, 5.74) is 2.02. The molecule has 1 aromatic rings. The average molecular weight is 320 g/mol. The van der Waals surface area contributed by atoms with Gasteiger partial charge in [0.1, 0.15) is 0 Å². The summed E-state index contributed by atoms with van der Waals surface area (Å²) in [5.74, 6) is -1.62. The first kappa shape index (κ1) is 19.2. The molecule has 0 radical (unpaired) electrons. The second kappa shape index (κ2) is 8.14. The number of aromatic carboxylic acids is 1. The molecule has 0 heterocycles. The molecule has 0 bridgehead atoms. The average Bonchev–Trinajstić information content (AvgIpc) is 2.45. The third-order valence-corrected chi connectivity index (χ3v) is 3.65. The maximum absolute atomic E-state index is 12.2. The highest BCUT2D eigenvalue weighted by Crippen LogP contribution is 2.28. The zero-order valence-corrected chi connectivity index (χ0v) is 14.9. The highest BCUT2D eigenvalue weighted by molar-refractivity contribution is 6.03. The van der Waals surface area contributed by atoms with Crippen LogP contribution in [0.4, 0.5) is 0 Å². The fraction of sp³-hybridized carbons (Fsp3) is 0.579. The molecular formula is C19H28O4. The van der Waals surface area contributed by atoms with Gasteiger partial charge in [0, 0.05) is 0 Å². The number of rotatable bonds is 7. The van der Waals surface area contributed by atoms with Crippen LogP contribution in [0.5, 0.6) is 0 Å². The van der Waals surface area contributed by atoms with E-state index in [-0.39, 0.29) is 16.5 Å². The first-order chi connectivity index (χ1) is 10.7. The number of carbonyl (C=O) groups excluding carboxylic acids is 1. The predicted octanol–water partition coefficient (Wildman–Crippen LogP) is 4.49. The Bertz CT molecular complexity index is 567.